The summed E-state index contributed by atoms with van der Waals surface area (Å²) in [5.41, 5.74) is 4.42. The molecule has 3 rings (SSSR count). The molecular weight excluding hydrogens is 428 g/mol. The van der Waals surface area contributed by atoms with Gasteiger partial charge in [-0.3, -0.25) is 20.3 Å². The van der Waals surface area contributed by atoms with Gasteiger partial charge in [-0.1, -0.05) is 41.4 Å². The number of benzene rings is 3. The van der Waals surface area contributed by atoms with Crippen molar-refractivity contribution < 1.29 is 13.3 Å². The largest absolute Gasteiger partial charge is 0.295 e. The summed E-state index contributed by atoms with van der Waals surface area (Å²) in [5.74, 6) is 0. The molecule has 0 radical (unpaired) electrons. The maximum atomic E-state index is 12.6. The van der Waals surface area contributed by atoms with Crippen molar-refractivity contribution in [1.82, 2.24) is 0 Å². The molecule has 8 nitrogen and oxygen atoms in total. The molecule has 3 aromatic rings. The molecule has 0 heterocycles. The molecule has 0 atom stereocenters. The lowest BCUT2D eigenvalue weighted by Crippen LogP contribution is -2.13. The Balaban J connectivity index is 1.82. The van der Waals surface area contributed by atoms with Crippen molar-refractivity contribution in [1.29, 1.82) is 0 Å². The van der Waals surface area contributed by atoms with Crippen LogP contribution < -0.4 is 10.1 Å². The van der Waals surface area contributed by atoms with Crippen molar-refractivity contribution in [2.45, 2.75) is 11.8 Å². The van der Waals surface area contributed by atoms with E-state index in [-0.39, 0.29) is 16.3 Å². The first-order valence-electron chi connectivity index (χ1n) is 8.67. The van der Waals surface area contributed by atoms with E-state index in [9.17, 15) is 18.5 Å². The Morgan fingerprint density at radius 1 is 1.03 bits per heavy atom. The number of halogens is 1. The van der Waals surface area contributed by atoms with Crippen molar-refractivity contribution in [2.24, 2.45) is 5.10 Å². The fourth-order valence-corrected chi connectivity index (χ4v) is 3.69. The van der Waals surface area contributed by atoms with E-state index in [1.165, 1.54) is 42.6 Å². The second-order valence-corrected chi connectivity index (χ2v) is 8.45. The SMILES string of the molecule is Cc1ccc(C=NNc2ccc(S(=O)(=O)Nc3ccc(Cl)cc3)cc2[N+](=O)[O-])cc1. The third-order valence-corrected chi connectivity index (χ3v) is 5.68. The van der Waals surface area contributed by atoms with Crippen LogP contribution in [0.15, 0.2) is 76.7 Å². The molecule has 0 aliphatic heterocycles. The quantitative estimate of drug-likeness (QED) is 0.308. The molecule has 0 saturated heterocycles. The molecular formula is C20H17ClN4O4S. The fraction of sp³-hybridized carbons (Fsp3) is 0.0500. The first-order chi connectivity index (χ1) is 14.2. The van der Waals surface area contributed by atoms with E-state index in [1.807, 2.05) is 31.2 Å². The summed E-state index contributed by atoms with van der Waals surface area (Å²) in [6.07, 6.45) is 1.51. The summed E-state index contributed by atoms with van der Waals surface area (Å²) in [6.45, 7) is 1.96. The lowest BCUT2D eigenvalue weighted by molar-refractivity contribution is -0.384. The minimum absolute atomic E-state index is 0.0637. The number of nitrogens with zero attached hydrogens (tertiary/aromatic N) is 2. The highest BCUT2D eigenvalue weighted by Crippen LogP contribution is 2.28. The summed E-state index contributed by atoms with van der Waals surface area (Å²) in [5, 5.41) is 15.9. The smallest absolute Gasteiger partial charge is 0.280 e. The van der Waals surface area contributed by atoms with Crippen molar-refractivity contribution >= 4 is 44.9 Å². The molecule has 0 saturated carbocycles. The standard InChI is InChI=1S/C20H17ClN4O4S/c1-14-2-4-15(5-3-14)13-22-23-19-11-10-18(12-20(19)25(26)27)30(28,29)24-17-8-6-16(21)7-9-17/h2-13,23-24H,1H3. The Labute approximate surface area is 178 Å². The molecule has 0 aliphatic rings. The van der Waals surface area contributed by atoms with Crippen molar-refractivity contribution in [3.8, 4) is 0 Å². The van der Waals surface area contributed by atoms with Crippen molar-refractivity contribution in [2.75, 3.05) is 10.1 Å². The molecule has 0 spiro atoms. The lowest BCUT2D eigenvalue weighted by Gasteiger charge is -2.09. The zero-order valence-electron chi connectivity index (χ0n) is 15.7. The van der Waals surface area contributed by atoms with Crippen LogP contribution in [0.25, 0.3) is 0 Å². The third kappa shape index (κ3) is 5.34. The van der Waals surface area contributed by atoms with Gasteiger partial charge in [0.05, 0.1) is 16.0 Å². The van der Waals surface area contributed by atoms with Crippen LogP contribution in [-0.2, 0) is 10.0 Å². The highest BCUT2D eigenvalue weighted by Gasteiger charge is 2.21. The number of anilines is 2. The van der Waals surface area contributed by atoms with Gasteiger partial charge in [0.1, 0.15) is 5.69 Å². The highest BCUT2D eigenvalue weighted by molar-refractivity contribution is 7.92. The van der Waals surface area contributed by atoms with Crippen molar-refractivity contribution in [3.05, 3.63) is 93.0 Å². The van der Waals surface area contributed by atoms with E-state index in [1.54, 1.807) is 0 Å². The molecule has 154 valence electrons. The summed E-state index contributed by atoms with van der Waals surface area (Å²) >= 11 is 5.79. The molecule has 0 aliphatic carbocycles. The fourth-order valence-electron chi connectivity index (χ4n) is 2.49. The summed E-state index contributed by atoms with van der Waals surface area (Å²) in [6, 6.07) is 17.1. The van der Waals surface area contributed by atoms with Crippen LogP contribution in [0.2, 0.25) is 5.02 Å². The lowest BCUT2D eigenvalue weighted by atomic mass is 10.2. The molecule has 30 heavy (non-hydrogen) atoms. The van der Waals surface area contributed by atoms with E-state index in [2.05, 4.69) is 15.2 Å². The Kier molecular flexibility index (Phi) is 6.34. The van der Waals surface area contributed by atoms with Gasteiger partial charge < -0.3 is 0 Å². The average Bonchev–Trinajstić information content (AvgIpc) is 2.71. The van der Waals surface area contributed by atoms with Crippen LogP contribution in [0.3, 0.4) is 0 Å². The maximum Gasteiger partial charge on any atom is 0.295 e. The topological polar surface area (TPSA) is 114 Å². The number of hydrogen-bond acceptors (Lipinski definition) is 6. The number of rotatable bonds is 7. The summed E-state index contributed by atoms with van der Waals surface area (Å²) in [7, 11) is -4.03. The first kappa shape index (κ1) is 21.3. The van der Waals surface area contributed by atoms with E-state index in [0.717, 1.165) is 17.2 Å². The molecule has 0 aromatic heterocycles. The Morgan fingerprint density at radius 2 is 1.70 bits per heavy atom. The van der Waals surface area contributed by atoms with Crippen LogP contribution in [0.5, 0.6) is 0 Å². The normalized spacial score (nSPS) is 11.4. The van der Waals surface area contributed by atoms with Gasteiger partial charge in [-0.2, -0.15) is 5.10 Å². The van der Waals surface area contributed by atoms with Crippen LogP contribution in [-0.4, -0.2) is 19.6 Å². The van der Waals surface area contributed by atoms with E-state index in [0.29, 0.717) is 5.02 Å². The molecule has 0 bridgehead atoms. The van der Waals surface area contributed by atoms with Gasteiger partial charge in [0.25, 0.3) is 15.7 Å². The van der Waals surface area contributed by atoms with Gasteiger partial charge in [0.2, 0.25) is 0 Å². The second-order valence-electron chi connectivity index (χ2n) is 6.33. The number of hydrazone groups is 1. The minimum Gasteiger partial charge on any atom is -0.280 e. The minimum atomic E-state index is -4.03. The van der Waals surface area contributed by atoms with Crippen LogP contribution in [0.1, 0.15) is 11.1 Å². The van der Waals surface area contributed by atoms with Crippen LogP contribution in [0, 0.1) is 17.0 Å². The Hall–Kier alpha value is -3.43. The average molecular weight is 445 g/mol. The predicted octanol–water partition coefficient (Wildman–Crippen LogP) is 4.80. The van der Waals surface area contributed by atoms with Gasteiger partial charge in [0, 0.05) is 16.8 Å². The molecule has 2 N–H and O–H groups in total. The first-order valence-corrected chi connectivity index (χ1v) is 10.5. The summed E-state index contributed by atoms with van der Waals surface area (Å²) < 4.78 is 27.5. The molecule has 0 unspecified atom stereocenters. The van der Waals surface area contributed by atoms with Gasteiger partial charge in [-0.05, 0) is 48.9 Å². The molecule has 0 amide bonds. The van der Waals surface area contributed by atoms with Gasteiger partial charge >= 0.3 is 0 Å². The molecule has 10 heteroatoms. The van der Waals surface area contributed by atoms with Crippen molar-refractivity contribution in [3.63, 3.8) is 0 Å². The van der Waals surface area contributed by atoms with Crippen LogP contribution >= 0.6 is 11.6 Å². The number of nitro groups is 1. The highest BCUT2D eigenvalue weighted by atomic mass is 35.5. The van der Waals surface area contributed by atoms with Gasteiger partial charge in [0.15, 0.2) is 0 Å². The van der Waals surface area contributed by atoms with E-state index in [4.69, 9.17) is 11.6 Å². The molecule has 3 aromatic carbocycles. The maximum absolute atomic E-state index is 12.6. The Bertz CT molecular complexity index is 1190. The third-order valence-electron chi connectivity index (χ3n) is 4.05. The second kappa shape index (κ2) is 8.93. The molecule has 0 fully saturated rings. The Morgan fingerprint density at radius 3 is 2.33 bits per heavy atom. The summed E-state index contributed by atoms with van der Waals surface area (Å²) in [4.78, 5) is 10.5. The number of nitrogens with one attached hydrogen (secondary N) is 2. The van der Waals surface area contributed by atoms with E-state index >= 15 is 0 Å². The van der Waals surface area contributed by atoms with Gasteiger partial charge in [-0.15, -0.1) is 0 Å². The zero-order chi connectivity index (χ0) is 21.7. The van der Waals surface area contributed by atoms with Gasteiger partial charge in [-0.25, -0.2) is 8.42 Å². The predicted molar refractivity (Wildman–Crippen MR) is 118 cm³/mol. The number of sulfonamides is 1. The number of nitro benzene ring substituents is 1. The monoisotopic (exact) mass is 444 g/mol. The van der Waals surface area contributed by atoms with Crippen LogP contribution in [0.4, 0.5) is 17.1 Å². The number of aryl methyl sites for hydroxylation is 1. The van der Waals surface area contributed by atoms with E-state index < -0.39 is 20.6 Å². The zero-order valence-corrected chi connectivity index (χ0v) is 17.3. The number of hydrogen-bond donors (Lipinski definition) is 2.